The summed E-state index contributed by atoms with van der Waals surface area (Å²) in [6, 6.07) is 2.21. The summed E-state index contributed by atoms with van der Waals surface area (Å²) in [6.45, 7) is 0.322. The first-order chi connectivity index (χ1) is 11.1. The van der Waals surface area contributed by atoms with E-state index in [0.29, 0.717) is 12.0 Å². The summed E-state index contributed by atoms with van der Waals surface area (Å²) in [5.74, 6) is -2.16. The van der Waals surface area contributed by atoms with Crippen LogP contribution in [-0.2, 0) is 11.2 Å². The number of hydrogen-bond donors (Lipinski definition) is 2. The molecule has 1 atom stereocenters. The third kappa shape index (κ3) is 3.84. The van der Waals surface area contributed by atoms with Gasteiger partial charge in [-0.3, -0.25) is 9.59 Å². The molecule has 0 bridgehead atoms. The topological polar surface area (TPSA) is 69.6 Å². The number of rotatable bonds is 4. The molecule has 132 valence electrons. The SMILES string of the molecule is CCN(C[C@H](O)C(F)(F)F)C(=O)c1cc2c(cc1F)NC(=O)CC2. The van der Waals surface area contributed by atoms with E-state index in [0.717, 1.165) is 11.0 Å². The summed E-state index contributed by atoms with van der Waals surface area (Å²) in [6.07, 6.45) is -7.09. The predicted molar refractivity (Wildman–Crippen MR) is 77.0 cm³/mol. The van der Waals surface area contributed by atoms with Gasteiger partial charge >= 0.3 is 6.18 Å². The summed E-state index contributed by atoms with van der Waals surface area (Å²) in [5, 5.41) is 11.6. The summed E-state index contributed by atoms with van der Waals surface area (Å²) in [5.41, 5.74) is 0.395. The number of aliphatic hydroxyl groups excluding tert-OH is 1. The molecular weight excluding hydrogens is 332 g/mol. The fourth-order valence-electron chi connectivity index (χ4n) is 2.40. The Bertz CT molecular complexity index is 661. The molecule has 1 aromatic carbocycles. The van der Waals surface area contributed by atoms with Crippen molar-refractivity contribution in [1.29, 1.82) is 0 Å². The van der Waals surface area contributed by atoms with Gasteiger partial charge in [0.15, 0.2) is 6.10 Å². The second kappa shape index (κ2) is 6.76. The first-order valence-electron chi connectivity index (χ1n) is 7.29. The van der Waals surface area contributed by atoms with Crippen LogP contribution in [0.3, 0.4) is 0 Å². The molecule has 2 amide bonds. The molecule has 0 saturated carbocycles. The van der Waals surface area contributed by atoms with Crippen molar-refractivity contribution in [3.8, 4) is 0 Å². The second-order valence-electron chi connectivity index (χ2n) is 5.44. The van der Waals surface area contributed by atoms with Gasteiger partial charge in [0, 0.05) is 18.7 Å². The van der Waals surface area contributed by atoms with E-state index in [4.69, 9.17) is 5.11 Å². The summed E-state index contributed by atoms with van der Waals surface area (Å²) in [4.78, 5) is 24.3. The smallest absolute Gasteiger partial charge is 0.382 e. The minimum atomic E-state index is -4.87. The van der Waals surface area contributed by atoms with Gasteiger partial charge in [0.2, 0.25) is 5.91 Å². The van der Waals surface area contributed by atoms with Gasteiger partial charge in [-0.2, -0.15) is 13.2 Å². The maximum absolute atomic E-state index is 14.1. The monoisotopic (exact) mass is 348 g/mol. The van der Waals surface area contributed by atoms with E-state index in [2.05, 4.69) is 5.32 Å². The van der Waals surface area contributed by atoms with Crippen molar-refractivity contribution in [2.75, 3.05) is 18.4 Å². The quantitative estimate of drug-likeness (QED) is 0.819. The van der Waals surface area contributed by atoms with Gasteiger partial charge in [-0.05, 0) is 31.0 Å². The number of carbonyl (C=O) groups excluding carboxylic acids is 2. The highest BCUT2D eigenvalue weighted by Crippen LogP contribution is 2.27. The number of halogens is 4. The summed E-state index contributed by atoms with van der Waals surface area (Å²) >= 11 is 0. The highest BCUT2D eigenvalue weighted by molar-refractivity contribution is 5.98. The number of benzene rings is 1. The van der Waals surface area contributed by atoms with E-state index in [-0.39, 0.29) is 30.1 Å². The lowest BCUT2D eigenvalue weighted by atomic mass is 9.99. The van der Waals surface area contributed by atoms with E-state index in [1.807, 2.05) is 0 Å². The lowest BCUT2D eigenvalue weighted by Gasteiger charge is -2.26. The number of hydrogen-bond acceptors (Lipinski definition) is 3. The Morgan fingerprint density at radius 2 is 2.04 bits per heavy atom. The van der Waals surface area contributed by atoms with Crippen LogP contribution in [0.4, 0.5) is 23.2 Å². The number of likely N-dealkylation sites (N-methyl/N-ethyl adjacent to an activating group) is 1. The molecule has 2 N–H and O–H groups in total. The zero-order valence-electron chi connectivity index (χ0n) is 12.8. The fraction of sp³-hybridized carbons (Fsp3) is 0.467. The first kappa shape index (κ1) is 18.2. The van der Waals surface area contributed by atoms with Crippen LogP contribution >= 0.6 is 0 Å². The molecule has 0 spiro atoms. The number of alkyl halides is 3. The highest BCUT2D eigenvalue weighted by Gasteiger charge is 2.40. The van der Waals surface area contributed by atoms with Gasteiger partial charge in [-0.25, -0.2) is 4.39 Å². The third-order valence-electron chi connectivity index (χ3n) is 3.76. The molecule has 0 aromatic heterocycles. The number of carbonyl (C=O) groups is 2. The van der Waals surface area contributed by atoms with Gasteiger partial charge in [0.05, 0.1) is 12.1 Å². The van der Waals surface area contributed by atoms with Crippen molar-refractivity contribution in [2.24, 2.45) is 0 Å². The minimum Gasteiger partial charge on any atom is -0.382 e. The fourth-order valence-corrected chi connectivity index (χ4v) is 2.40. The van der Waals surface area contributed by atoms with Gasteiger partial charge in [-0.1, -0.05) is 0 Å². The van der Waals surface area contributed by atoms with Gasteiger partial charge in [0.1, 0.15) is 5.82 Å². The van der Waals surface area contributed by atoms with Crippen LogP contribution < -0.4 is 5.32 Å². The van der Waals surface area contributed by atoms with Crippen LogP contribution in [0.25, 0.3) is 0 Å². The molecule has 1 aliphatic heterocycles. The Morgan fingerprint density at radius 3 is 2.62 bits per heavy atom. The first-order valence-corrected chi connectivity index (χ1v) is 7.29. The zero-order valence-corrected chi connectivity index (χ0v) is 12.8. The van der Waals surface area contributed by atoms with Crippen LogP contribution in [-0.4, -0.2) is 47.2 Å². The number of aliphatic hydroxyl groups is 1. The minimum absolute atomic E-state index is 0.126. The molecular formula is C15H16F4N2O3. The maximum atomic E-state index is 14.1. The Morgan fingerprint density at radius 1 is 1.38 bits per heavy atom. The maximum Gasteiger partial charge on any atom is 0.416 e. The Hall–Kier alpha value is -2.16. The van der Waals surface area contributed by atoms with Crippen molar-refractivity contribution in [1.82, 2.24) is 4.90 Å². The number of nitrogens with one attached hydrogen (secondary N) is 1. The Labute approximate surface area is 135 Å². The third-order valence-corrected chi connectivity index (χ3v) is 3.76. The van der Waals surface area contributed by atoms with E-state index < -0.39 is 30.5 Å². The zero-order chi connectivity index (χ0) is 18.1. The molecule has 24 heavy (non-hydrogen) atoms. The largest absolute Gasteiger partial charge is 0.416 e. The van der Waals surface area contributed by atoms with Crippen molar-refractivity contribution >= 4 is 17.5 Å². The molecule has 0 radical (unpaired) electrons. The van der Waals surface area contributed by atoms with Crippen LogP contribution in [0.15, 0.2) is 12.1 Å². The number of nitrogens with zero attached hydrogens (tertiary/aromatic N) is 1. The van der Waals surface area contributed by atoms with Crippen molar-refractivity contribution < 1.29 is 32.3 Å². The van der Waals surface area contributed by atoms with E-state index in [9.17, 15) is 27.2 Å². The molecule has 9 heteroatoms. The lowest BCUT2D eigenvalue weighted by Crippen LogP contribution is -2.43. The van der Waals surface area contributed by atoms with Gasteiger partial charge in [0.25, 0.3) is 5.91 Å². The van der Waals surface area contributed by atoms with Crippen molar-refractivity contribution in [2.45, 2.75) is 32.0 Å². The van der Waals surface area contributed by atoms with Crippen LogP contribution in [0.2, 0.25) is 0 Å². The molecule has 2 rings (SSSR count). The van der Waals surface area contributed by atoms with Crippen LogP contribution in [0.1, 0.15) is 29.3 Å². The predicted octanol–water partition coefficient (Wildman–Crippen LogP) is 2.10. The normalized spacial score (nSPS) is 15.5. The van der Waals surface area contributed by atoms with E-state index in [1.54, 1.807) is 0 Å². The standard InChI is InChI=1S/C15H16F4N2O3/c1-2-21(7-12(22)15(17,18)19)14(24)9-5-8-3-4-13(23)20-11(8)6-10(9)16/h5-6,12,22H,2-4,7H2,1H3,(H,20,23)/t12-/m0/s1. The number of aryl methyl sites for hydroxylation is 1. The molecule has 1 aliphatic rings. The molecule has 0 unspecified atom stereocenters. The molecule has 1 heterocycles. The Balaban J connectivity index is 2.26. The number of anilines is 1. The van der Waals surface area contributed by atoms with Crippen LogP contribution in [0, 0.1) is 5.82 Å². The molecule has 1 aromatic rings. The number of amides is 2. The lowest BCUT2D eigenvalue weighted by molar-refractivity contribution is -0.206. The molecule has 0 fully saturated rings. The Kier molecular flexibility index (Phi) is 5.12. The van der Waals surface area contributed by atoms with Gasteiger partial charge in [-0.15, -0.1) is 0 Å². The summed E-state index contributed by atoms with van der Waals surface area (Å²) < 4.78 is 51.5. The highest BCUT2D eigenvalue weighted by atomic mass is 19.4. The average molecular weight is 348 g/mol. The molecule has 5 nitrogen and oxygen atoms in total. The molecule has 0 saturated heterocycles. The van der Waals surface area contributed by atoms with E-state index in [1.165, 1.54) is 13.0 Å². The average Bonchev–Trinajstić information content (AvgIpc) is 2.49. The summed E-state index contributed by atoms with van der Waals surface area (Å²) in [7, 11) is 0. The van der Waals surface area contributed by atoms with Gasteiger partial charge < -0.3 is 15.3 Å². The van der Waals surface area contributed by atoms with Crippen molar-refractivity contribution in [3.63, 3.8) is 0 Å². The van der Waals surface area contributed by atoms with Crippen molar-refractivity contribution in [3.05, 3.63) is 29.1 Å². The second-order valence-corrected chi connectivity index (χ2v) is 5.44. The molecule has 0 aliphatic carbocycles. The van der Waals surface area contributed by atoms with E-state index >= 15 is 0 Å². The van der Waals surface area contributed by atoms with Crippen LogP contribution in [0.5, 0.6) is 0 Å². The number of fused-ring (bicyclic) bond motifs is 1.